The lowest BCUT2D eigenvalue weighted by molar-refractivity contribution is 0.223. The van der Waals surface area contributed by atoms with Gasteiger partial charge in [-0.05, 0) is 19.9 Å². The highest BCUT2D eigenvalue weighted by Gasteiger charge is 2.31. The predicted octanol–water partition coefficient (Wildman–Crippen LogP) is -1.35. The van der Waals surface area contributed by atoms with Gasteiger partial charge in [-0.15, -0.1) is 0 Å². The average Bonchev–Trinajstić information content (AvgIpc) is 1.92. The maximum Gasteiger partial charge on any atom is 0.225 e. The number of piperidine rings is 1. The van der Waals surface area contributed by atoms with E-state index in [1.807, 2.05) is 0 Å². The fraction of sp³-hybridized carbons (Fsp3) is 1.00. The maximum atomic E-state index is 11.0. The molecule has 0 amide bonds. The summed E-state index contributed by atoms with van der Waals surface area (Å²) in [5.74, 6) is 0. The van der Waals surface area contributed by atoms with Crippen LogP contribution in [0.5, 0.6) is 0 Å². The third kappa shape index (κ3) is 2.16. The van der Waals surface area contributed by atoms with E-state index in [9.17, 15) is 8.42 Å². The summed E-state index contributed by atoms with van der Waals surface area (Å²) in [5, 5.41) is 4.44. The van der Waals surface area contributed by atoms with Gasteiger partial charge in [-0.25, -0.2) is 13.6 Å². The second kappa shape index (κ2) is 3.29. The molecule has 0 aromatic rings. The zero-order valence-electron chi connectivity index (χ0n) is 7.10. The Kier molecular flexibility index (Phi) is 2.72. The van der Waals surface area contributed by atoms with Gasteiger partial charge in [0, 0.05) is 12.6 Å². The van der Waals surface area contributed by atoms with E-state index in [1.165, 1.54) is 0 Å². The molecular weight excluding hydrogens is 178 g/mol. The molecule has 4 N–H and O–H groups in total. The minimum absolute atomic E-state index is 0.0375. The van der Waals surface area contributed by atoms with Gasteiger partial charge in [0.2, 0.25) is 10.0 Å². The van der Waals surface area contributed by atoms with Gasteiger partial charge in [0.25, 0.3) is 0 Å². The zero-order chi connectivity index (χ0) is 9.35. The molecule has 5 nitrogen and oxygen atoms in total. The average molecular weight is 193 g/mol. The fourth-order valence-electron chi connectivity index (χ4n) is 1.46. The Morgan fingerprint density at radius 3 is 2.50 bits per heavy atom. The number of hydrogen-bond acceptors (Lipinski definition) is 4. The second-order valence-electron chi connectivity index (χ2n) is 3.31. The highest BCUT2D eigenvalue weighted by Crippen LogP contribution is 2.16. The third-order valence-electron chi connectivity index (χ3n) is 2.23. The molecule has 1 saturated heterocycles. The van der Waals surface area contributed by atoms with Crippen LogP contribution in [0.1, 0.15) is 12.8 Å². The largest absolute Gasteiger partial charge is 0.328 e. The Morgan fingerprint density at radius 2 is 2.08 bits per heavy atom. The van der Waals surface area contributed by atoms with Crippen LogP contribution >= 0.6 is 0 Å². The van der Waals surface area contributed by atoms with Crippen LogP contribution in [-0.2, 0) is 10.0 Å². The summed E-state index contributed by atoms with van der Waals surface area (Å²) in [6, 6.07) is -0.0375. The standard InChI is InChI=1S/C6H15N3O2S/c1-9-3-2-5(7)4-6(9)12(8,10)11/h5-6H,2-4,7H2,1H3,(H2,8,10,11). The molecule has 0 aromatic heterocycles. The highest BCUT2D eigenvalue weighted by atomic mass is 32.2. The molecule has 6 heteroatoms. The molecular formula is C6H15N3O2S. The molecule has 0 radical (unpaired) electrons. The van der Waals surface area contributed by atoms with E-state index in [-0.39, 0.29) is 6.04 Å². The smallest absolute Gasteiger partial charge is 0.225 e. The molecule has 0 aromatic carbocycles. The highest BCUT2D eigenvalue weighted by molar-refractivity contribution is 7.89. The Hall–Kier alpha value is -0.170. The van der Waals surface area contributed by atoms with Crippen LogP contribution in [0.2, 0.25) is 0 Å². The van der Waals surface area contributed by atoms with Crippen molar-refractivity contribution in [1.82, 2.24) is 4.90 Å². The van der Waals surface area contributed by atoms with Crippen LogP contribution in [0.25, 0.3) is 0 Å². The number of nitrogens with two attached hydrogens (primary N) is 2. The summed E-state index contributed by atoms with van der Waals surface area (Å²) in [7, 11) is -1.71. The molecule has 12 heavy (non-hydrogen) atoms. The van der Waals surface area contributed by atoms with Crippen LogP contribution in [0.3, 0.4) is 0 Å². The molecule has 2 unspecified atom stereocenters. The number of primary sulfonamides is 1. The van der Waals surface area contributed by atoms with Gasteiger partial charge in [-0.1, -0.05) is 0 Å². The molecule has 1 heterocycles. The molecule has 0 aliphatic carbocycles. The first-order valence-corrected chi connectivity index (χ1v) is 5.49. The Morgan fingerprint density at radius 1 is 1.50 bits per heavy atom. The van der Waals surface area contributed by atoms with Crippen molar-refractivity contribution in [2.45, 2.75) is 24.3 Å². The lowest BCUT2D eigenvalue weighted by Gasteiger charge is -2.33. The number of likely N-dealkylation sites (tertiary alicyclic amines) is 1. The summed E-state index contributed by atoms with van der Waals surface area (Å²) >= 11 is 0. The summed E-state index contributed by atoms with van der Waals surface area (Å²) < 4.78 is 22.0. The zero-order valence-corrected chi connectivity index (χ0v) is 7.92. The number of sulfonamides is 1. The predicted molar refractivity (Wildman–Crippen MR) is 46.7 cm³/mol. The Bertz CT molecular complexity index is 252. The number of rotatable bonds is 1. The summed E-state index contributed by atoms with van der Waals surface area (Å²) in [5.41, 5.74) is 5.64. The van der Waals surface area contributed by atoms with Crippen molar-refractivity contribution in [2.24, 2.45) is 10.9 Å². The van der Waals surface area contributed by atoms with Crippen LogP contribution < -0.4 is 10.9 Å². The van der Waals surface area contributed by atoms with Crippen molar-refractivity contribution in [3.63, 3.8) is 0 Å². The Labute approximate surface area is 72.8 Å². The number of nitrogens with zero attached hydrogens (tertiary/aromatic N) is 1. The van der Waals surface area contributed by atoms with Gasteiger partial charge in [0.05, 0.1) is 0 Å². The van der Waals surface area contributed by atoms with Gasteiger partial charge in [0.1, 0.15) is 5.37 Å². The first-order chi connectivity index (χ1) is 5.41. The molecule has 2 atom stereocenters. The van der Waals surface area contributed by atoms with E-state index >= 15 is 0 Å². The fourth-order valence-corrected chi connectivity index (χ4v) is 2.58. The monoisotopic (exact) mass is 193 g/mol. The third-order valence-corrected chi connectivity index (χ3v) is 3.54. The van der Waals surface area contributed by atoms with Crippen molar-refractivity contribution in [2.75, 3.05) is 13.6 Å². The molecule has 1 rings (SSSR count). The molecule has 0 saturated carbocycles. The first-order valence-electron chi connectivity index (χ1n) is 3.88. The minimum Gasteiger partial charge on any atom is -0.328 e. The first kappa shape index (κ1) is 9.91. The summed E-state index contributed by atoms with van der Waals surface area (Å²) in [6.45, 7) is 0.697. The Balaban J connectivity index is 2.74. The van der Waals surface area contributed by atoms with E-state index in [1.54, 1.807) is 11.9 Å². The SMILES string of the molecule is CN1CCC(N)CC1S(N)(=O)=O. The quantitative estimate of drug-likeness (QED) is 0.539. The summed E-state index contributed by atoms with van der Waals surface area (Å²) in [6.07, 6.45) is 1.28. The minimum atomic E-state index is -3.46. The molecule has 1 fully saturated rings. The van der Waals surface area contributed by atoms with Crippen LogP contribution in [0.4, 0.5) is 0 Å². The molecule has 1 aliphatic rings. The van der Waals surface area contributed by atoms with Gasteiger partial charge < -0.3 is 5.73 Å². The van der Waals surface area contributed by atoms with Crippen molar-refractivity contribution >= 4 is 10.0 Å². The molecule has 0 spiro atoms. The van der Waals surface area contributed by atoms with E-state index < -0.39 is 15.4 Å². The van der Waals surface area contributed by atoms with Crippen LogP contribution in [-0.4, -0.2) is 38.3 Å². The van der Waals surface area contributed by atoms with Crippen molar-refractivity contribution in [1.29, 1.82) is 0 Å². The van der Waals surface area contributed by atoms with E-state index in [4.69, 9.17) is 10.9 Å². The van der Waals surface area contributed by atoms with Crippen molar-refractivity contribution in [3.8, 4) is 0 Å². The topological polar surface area (TPSA) is 89.4 Å². The maximum absolute atomic E-state index is 11.0. The summed E-state index contributed by atoms with van der Waals surface area (Å²) in [4.78, 5) is 1.73. The molecule has 1 aliphatic heterocycles. The lowest BCUT2D eigenvalue weighted by atomic mass is 10.1. The van der Waals surface area contributed by atoms with E-state index in [0.717, 1.165) is 6.42 Å². The van der Waals surface area contributed by atoms with E-state index in [2.05, 4.69) is 0 Å². The molecule has 72 valence electrons. The van der Waals surface area contributed by atoms with Gasteiger partial charge in [-0.2, -0.15) is 0 Å². The van der Waals surface area contributed by atoms with Crippen molar-refractivity contribution < 1.29 is 8.42 Å². The lowest BCUT2D eigenvalue weighted by Crippen LogP contribution is -2.50. The normalized spacial score (nSPS) is 33.6. The second-order valence-corrected chi connectivity index (χ2v) is 5.03. The van der Waals surface area contributed by atoms with Crippen LogP contribution in [0, 0.1) is 0 Å². The van der Waals surface area contributed by atoms with Crippen molar-refractivity contribution in [3.05, 3.63) is 0 Å². The van der Waals surface area contributed by atoms with Gasteiger partial charge in [-0.3, -0.25) is 4.90 Å². The number of hydrogen-bond donors (Lipinski definition) is 2. The van der Waals surface area contributed by atoms with E-state index in [0.29, 0.717) is 13.0 Å². The van der Waals surface area contributed by atoms with Crippen LogP contribution in [0.15, 0.2) is 0 Å². The van der Waals surface area contributed by atoms with Gasteiger partial charge >= 0.3 is 0 Å². The van der Waals surface area contributed by atoms with Gasteiger partial charge in [0.15, 0.2) is 0 Å². The molecule has 0 bridgehead atoms.